The molecule has 106 valence electrons. The molecule has 1 saturated carbocycles. The quantitative estimate of drug-likeness (QED) is 0.817. The van der Waals surface area contributed by atoms with Gasteiger partial charge in [-0.2, -0.15) is 0 Å². The first-order valence-electron chi connectivity index (χ1n) is 6.94. The van der Waals surface area contributed by atoms with Crippen LogP contribution in [0.15, 0.2) is 0 Å². The van der Waals surface area contributed by atoms with Crippen molar-refractivity contribution in [2.75, 3.05) is 0 Å². The molecule has 0 aromatic carbocycles. The van der Waals surface area contributed by atoms with Crippen molar-refractivity contribution in [1.82, 2.24) is 5.32 Å². The van der Waals surface area contributed by atoms with Crippen molar-refractivity contribution in [2.45, 2.75) is 77.5 Å². The topological polar surface area (TPSA) is 58.6 Å². The lowest BCUT2D eigenvalue weighted by Crippen LogP contribution is -2.41. The van der Waals surface area contributed by atoms with E-state index >= 15 is 0 Å². The zero-order chi connectivity index (χ0) is 13.8. The molecule has 2 N–H and O–H groups in total. The van der Waals surface area contributed by atoms with Crippen molar-refractivity contribution in [3.8, 4) is 0 Å². The Balaban J connectivity index is 2.25. The summed E-state index contributed by atoms with van der Waals surface area (Å²) in [4.78, 5) is 11.6. The second kappa shape index (κ2) is 6.41. The predicted molar refractivity (Wildman–Crippen MR) is 71.4 cm³/mol. The normalized spacial score (nSPS) is 26.5. The van der Waals surface area contributed by atoms with Crippen molar-refractivity contribution >= 4 is 6.09 Å². The molecule has 1 atom stereocenters. The Bertz CT molecular complexity index is 263. The molecule has 1 aliphatic rings. The van der Waals surface area contributed by atoms with Crippen molar-refractivity contribution in [1.29, 1.82) is 0 Å². The number of ether oxygens (including phenoxy) is 1. The molecule has 0 radical (unpaired) electrons. The number of hydrogen-bond acceptors (Lipinski definition) is 3. The van der Waals surface area contributed by atoms with Crippen LogP contribution in [-0.2, 0) is 4.74 Å². The second-order valence-electron chi connectivity index (χ2n) is 6.45. The number of nitrogens with one attached hydrogen (secondary N) is 1. The summed E-state index contributed by atoms with van der Waals surface area (Å²) in [5.74, 6) is 0.599. The summed E-state index contributed by atoms with van der Waals surface area (Å²) in [6, 6.07) is 0.227. The number of rotatable bonds is 3. The van der Waals surface area contributed by atoms with E-state index in [2.05, 4.69) is 5.32 Å². The number of aliphatic hydroxyl groups excluding tert-OH is 1. The number of aliphatic hydroxyl groups is 1. The van der Waals surface area contributed by atoms with Gasteiger partial charge in [-0.25, -0.2) is 4.79 Å². The van der Waals surface area contributed by atoms with E-state index < -0.39 is 5.60 Å². The van der Waals surface area contributed by atoms with E-state index in [-0.39, 0.29) is 18.2 Å². The van der Waals surface area contributed by atoms with Crippen LogP contribution >= 0.6 is 0 Å². The van der Waals surface area contributed by atoms with Crippen molar-refractivity contribution in [2.24, 2.45) is 5.92 Å². The Morgan fingerprint density at radius 1 is 1.33 bits per heavy atom. The summed E-state index contributed by atoms with van der Waals surface area (Å²) in [7, 11) is 0. The molecule has 0 aromatic heterocycles. The van der Waals surface area contributed by atoms with Crippen LogP contribution in [0.1, 0.15) is 59.8 Å². The number of amides is 1. The van der Waals surface area contributed by atoms with Gasteiger partial charge < -0.3 is 15.2 Å². The summed E-state index contributed by atoms with van der Waals surface area (Å²) >= 11 is 0. The summed E-state index contributed by atoms with van der Waals surface area (Å²) in [6.45, 7) is 7.44. The van der Waals surface area contributed by atoms with Crippen LogP contribution in [0.4, 0.5) is 4.79 Å². The van der Waals surface area contributed by atoms with Gasteiger partial charge in [0.15, 0.2) is 0 Å². The molecular weight excluding hydrogens is 230 g/mol. The van der Waals surface area contributed by atoms with Crippen LogP contribution in [0, 0.1) is 5.92 Å². The van der Waals surface area contributed by atoms with E-state index in [0.717, 1.165) is 32.1 Å². The minimum atomic E-state index is -0.437. The fourth-order valence-corrected chi connectivity index (χ4v) is 2.50. The lowest BCUT2D eigenvalue weighted by Gasteiger charge is -2.30. The van der Waals surface area contributed by atoms with Crippen molar-refractivity contribution < 1.29 is 14.6 Å². The van der Waals surface area contributed by atoms with E-state index in [1.165, 1.54) is 0 Å². The number of carbonyl (C=O) groups excluding carboxylic acids is 1. The van der Waals surface area contributed by atoms with Crippen LogP contribution < -0.4 is 5.32 Å². The maximum Gasteiger partial charge on any atom is 0.407 e. The molecular formula is C14H27NO3. The Morgan fingerprint density at radius 3 is 2.33 bits per heavy atom. The maximum absolute atomic E-state index is 11.6. The first-order chi connectivity index (χ1) is 8.26. The average Bonchev–Trinajstić information content (AvgIpc) is 2.17. The second-order valence-corrected chi connectivity index (χ2v) is 6.45. The average molecular weight is 257 g/mol. The molecule has 0 aliphatic heterocycles. The molecule has 4 nitrogen and oxygen atoms in total. The highest BCUT2D eigenvalue weighted by Gasteiger charge is 2.25. The van der Waals surface area contributed by atoms with Gasteiger partial charge in [-0.05, 0) is 65.7 Å². The highest BCUT2D eigenvalue weighted by molar-refractivity contribution is 5.68. The van der Waals surface area contributed by atoms with Gasteiger partial charge in [0, 0.05) is 6.04 Å². The molecule has 1 fully saturated rings. The van der Waals surface area contributed by atoms with Gasteiger partial charge in [-0.1, -0.05) is 0 Å². The lowest BCUT2D eigenvalue weighted by molar-refractivity contribution is 0.0481. The van der Waals surface area contributed by atoms with Crippen LogP contribution in [0.25, 0.3) is 0 Å². The zero-order valence-corrected chi connectivity index (χ0v) is 12.0. The van der Waals surface area contributed by atoms with Crippen LogP contribution in [0.5, 0.6) is 0 Å². The smallest absolute Gasteiger partial charge is 0.407 e. The third-order valence-corrected chi connectivity index (χ3v) is 3.24. The molecule has 1 unspecified atom stereocenters. The highest BCUT2D eigenvalue weighted by Crippen LogP contribution is 2.28. The summed E-state index contributed by atoms with van der Waals surface area (Å²) in [6.07, 6.45) is 4.45. The van der Waals surface area contributed by atoms with Gasteiger partial charge in [-0.3, -0.25) is 0 Å². The minimum absolute atomic E-state index is 0.217. The van der Waals surface area contributed by atoms with E-state index in [1.807, 2.05) is 27.7 Å². The molecule has 4 heteroatoms. The zero-order valence-electron chi connectivity index (χ0n) is 12.0. The number of hydrogen-bond donors (Lipinski definition) is 2. The summed E-state index contributed by atoms with van der Waals surface area (Å²) < 4.78 is 5.24. The molecule has 18 heavy (non-hydrogen) atoms. The van der Waals surface area contributed by atoms with Crippen molar-refractivity contribution in [3.05, 3.63) is 0 Å². The number of alkyl carbamates (subject to hydrolysis) is 1. The fraction of sp³-hybridized carbons (Fsp3) is 0.929. The van der Waals surface area contributed by atoms with E-state index in [4.69, 9.17) is 4.74 Å². The number of carbonyl (C=O) groups is 1. The fourth-order valence-electron chi connectivity index (χ4n) is 2.50. The van der Waals surface area contributed by atoms with Gasteiger partial charge in [0.1, 0.15) is 5.60 Å². The standard InChI is InChI=1S/C14H27NO3/c1-10(16)9-11-5-7-12(8-6-11)15-13(17)18-14(2,3)4/h10-12,16H,5-9H2,1-4H3,(H,15,17). The van der Waals surface area contributed by atoms with E-state index in [1.54, 1.807) is 0 Å². The molecule has 0 heterocycles. The largest absolute Gasteiger partial charge is 0.444 e. The molecule has 0 saturated heterocycles. The summed E-state index contributed by atoms with van der Waals surface area (Å²) in [5.41, 5.74) is -0.437. The molecule has 1 aliphatic carbocycles. The van der Waals surface area contributed by atoms with E-state index in [9.17, 15) is 9.90 Å². The van der Waals surface area contributed by atoms with Crippen molar-refractivity contribution in [3.63, 3.8) is 0 Å². The molecule has 0 bridgehead atoms. The molecule has 0 spiro atoms. The third kappa shape index (κ3) is 6.24. The van der Waals surface area contributed by atoms with Gasteiger partial charge in [0.05, 0.1) is 6.10 Å². The monoisotopic (exact) mass is 257 g/mol. The molecule has 0 aromatic rings. The Morgan fingerprint density at radius 2 is 1.89 bits per heavy atom. The Labute approximate surface area is 110 Å². The van der Waals surface area contributed by atoms with Gasteiger partial charge in [-0.15, -0.1) is 0 Å². The predicted octanol–water partition coefficient (Wildman–Crippen LogP) is 2.84. The first kappa shape index (κ1) is 15.3. The maximum atomic E-state index is 11.6. The van der Waals surface area contributed by atoms with E-state index in [0.29, 0.717) is 5.92 Å². The third-order valence-electron chi connectivity index (χ3n) is 3.24. The summed E-state index contributed by atoms with van der Waals surface area (Å²) in [5, 5.41) is 12.3. The van der Waals surface area contributed by atoms with Gasteiger partial charge in [0.25, 0.3) is 0 Å². The van der Waals surface area contributed by atoms with Crippen LogP contribution in [0.2, 0.25) is 0 Å². The SMILES string of the molecule is CC(O)CC1CCC(NC(=O)OC(C)(C)C)CC1. The Kier molecular flexibility index (Phi) is 5.45. The lowest BCUT2D eigenvalue weighted by atomic mass is 9.83. The Hall–Kier alpha value is -0.770. The highest BCUT2D eigenvalue weighted by atomic mass is 16.6. The first-order valence-corrected chi connectivity index (χ1v) is 6.94. The van der Waals surface area contributed by atoms with Crippen LogP contribution in [-0.4, -0.2) is 28.9 Å². The van der Waals surface area contributed by atoms with Gasteiger partial charge >= 0.3 is 6.09 Å². The molecule has 1 rings (SSSR count). The molecule has 1 amide bonds. The van der Waals surface area contributed by atoms with Crippen LogP contribution in [0.3, 0.4) is 0 Å². The van der Waals surface area contributed by atoms with Gasteiger partial charge in [0.2, 0.25) is 0 Å². The minimum Gasteiger partial charge on any atom is -0.444 e.